The van der Waals surface area contributed by atoms with Crippen LogP contribution in [-0.2, 0) is 29.7 Å². The number of benzene rings is 2. The van der Waals surface area contributed by atoms with Crippen molar-refractivity contribution in [2.45, 2.75) is 31.5 Å². The molecule has 0 fully saturated rings. The van der Waals surface area contributed by atoms with E-state index in [1.807, 2.05) is 19.1 Å². The highest BCUT2D eigenvalue weighted by Gasteiger charge is 2.18. The molecule has 4 nitrogen and oxygen atoms in total. The predicted molar refractivity (Wildman–Crippen MR) is 89.9 cm³/mol. The molecule has 2 N–H and O–H groups in total. The zero-order valence-electron chi connectivity index (χ0n) is 12.2. The number of hydrogen-bond donors (Lipinski definition) is 2. The first-order valence-electron chi connectivity index (χ1n) is 7.03. The highest BCUT2D eigenvalue weighted by atomic mass is 79.9. The lowest BCUT2D eigenvalue weighted by Crippen LogP contribution is -2.23. The van der Waals surface area contributed by atoms with E-state index in [1.165, 1.54) is 11.1 Å². The minimum absolute atomic E-state index is 0.273. The topological polar surface area (TPSA) is 58.2 Å². The number of aryl methyl sites for hydroxylation is 1. The lowest BCUT2D eigenvalue weighted by molar-refractivity contribution is 0.580. The summed E-state index contributed by atoms with van der Waals surface area (Å²) in [5.74, 6) is 0. The van der Waals surface area contributed by atoms with E-state index >= 15 is 0 Å². The van der Waals surface area contributed by atoms with E-state index in [2.05, 4.69) is 38.1 Å². The van der Waals surface area contributed by atoms with Gasteiger partial charge >= 0.3 is 0 Å². The Morgan fingerprint density at radius 3 is 2.73 bits per heavy atom. The van der Waals surface area contributed by atoms with E-state index < -0.39 is 10.0 Å². The minimum atomic E-state index is -3.54. The van der Waals surface area contributed by atoms with Gasteiger partial charge in [-0.15, -0.1) is 0 Å². The number of halogens is 1. The maximum atomic E-state index is 12.5. The van der Waals surface area contributed by atoms with Crippen LogP contribution in [0.3, 0.4) is 0 Å². The summed E-state index contributed by atoms with van der Waals surface area (Å²) in [6, 6.07) is 11.4. The van der Waals surface area contributed by atoms with Crippen LogP contribution in [0.5, 0.6) is 0 Å². The molecule has 0 amide bonds. The summed E-state index contributed by atoms with van der Waals surface area (Å²) in [6.45, 7) is 3.89. The average molecular weight is 381 g/mol. The third-order valence-corrected chi connectivity index (χ3v) is 6.14. The molecule has 0 aromatic heterocycles. The van der Waals surface area contributed by atoms with Gasteiger partial charge in [-0.05, 0) is 57.2 Å². The van der Waals surface area contributed by atoms with Gasteiger partial charge in [-0.3, -0.25) is 0 Å². The molecule has 6 heteroatoms. The van der Waals surface area contributed by atoms with Crippen LogP contribution in [0.4, 0.5) is 0 Å². The molecule has 3 rings (SSSR count). The van der Waals surface area contributed by atoms with Gasteiger partial charge in [0.1, 0.15) is 0 Å². The van der Waals surface area contributed by atoms with E-state index in [1.54, 1.807) is 12.1 Å². The molecule has 2 aromatic carbocycles. The second-order valence-electron chi connectivity index (χ2n) is 5.47. The van der Waals surface area contributed by atoms with Crippen molar-refractivity contribution in [2.75, 3.05) is 0 Å². The largest absolute Gasteiger partial charge is 0.309 e. The summed E-state index contributed by atoms with van der Waals surface area (Å²) in [4.78, 5) is 0.273. The maximum Gasteiger partial charge on any atom is 0.242 e. The Hall–Kier alpha value is -1.21. The van der Waals surface area contributed by atoms with Crippen molar-refractivity contribution in [1.82, 2.24) is 10.0 Å². The summed E-state index contributed by atoms with van der Waals surface area (Å²) in [5, 5.41) is 3.28. The smallest absolute Gasteiger partial charge is 0.242 e. The van der Waals surface area contributed by atoms with Crippen LogP contribution in [0.2, 0.25) is 0 Å². The molecule has 116 valence electrons. The first kappa shape index (κ1) is 15.7. The van der Waals surface area contributed by atoms with Gasteiger partial charge in [0.25, 0.3) is 0 Å². The number of fused-ring (bicyclic) bond motifs is 1. The molecule has 0 aliphatic carbocycles. The Morgan fingerprint density at radius 2 is 1.91 bits per heavy atom. The monoisotopic (exact) mass is 380 g/mol. The number of rotatable bonds is 4. The number of sulfonamides is 1. The number of hydrogen-bond acceptors (Lipinski definition) is 3. The van der Waals surface area contributed by atoms with Crippen molar-refractivity contribution < 1.29 is 8.42 Å². The van der Waals surface area contributed by atoms with Gasteiger partial charge in [-0.1, -0.05) is 24.3 Å². The van der Waals surface area contributed by atoms with Crippen LogP contribution in [0.1, 0.15) is 22.3 Å². The molecule has 22 heavy (non-hydrogen) atoms. The van der Waals surface area contributed by atoms with Crippen molar-refractivity contribution in [1.29, 1.82) is 0 Å². The maximum absolute atomic E-state index is 12.5. The Balaban J connectivity index is 1.79. The van der Waals surface area contributed by atoms with Gasteiger partial charge in [-0.2, -0.15) is 0 Å². The van der Waals surface area contributed by atoms with Crippen LogP contribution < -0.4 is 10.0 Å². The molecule has 0 radical (unpaired) electrons. The lowest BCUT2D eigenvalue weighted by atomic mass is 10.1. The summed E-state index contributed by atoms with van der Waals surface area (Å²) < 4.78 is 28.2. The molecule has 0 bridgehead atoms. The van der Waals surface area contributed by atoms with Crippen LogP contribution in [0.15, 0.2) is 45.8 Å². The highest BCUT2D eigenvalue weighted by molar-refractivity contribution is 9.10. The van der Waals surface area contributed by atoms with Crippen LogP contribution >= 0.6 is 15.9 Å². The molecule has 1 heterocycles. The summed E-state index contributed by atoms with van der Waals surface area (Å²) in [7, 11) is -3.54. The third-order valence-electron chi connectivity index (χ3n) is 3.74. The van der Waals surface area contributed by atoms with Crippen molar-refractivity contribution in [2.24, 2.45) is 0 Å². The molecule has 0 spiro atoms. The van der Waals surface area contributed by atoms with Gasteiger partial charge in [0.2, 0.25) is 10.0 Å². The lowest BCUT2D eigenvalue weighted by Gasteiger charge is -2.10. The van der Waals surface area contributed by atoms with Gasteiger partial charge < -0.3 is 5.32 Å². The van der Waals surface area contributed by atoms with Crippen molar-refractivity contribution >= 4 is 26.0 Å². The zero-order valence-corrected chi connectivity index (χ0v) is 14.6. The highest BCUT2D eigenvalue weighted by Crippen LogP contribution is 2.23. The predicted octanol–water partition coefficient (Wildman–Crippen LogP) is 2.84. The van der Waals surface area contributed by atoms with Gasteiger partial charge in [0.05, 0.1) is 4.90 Å². The van der Waals surface area contributed by atoms with Crippen LogP contribution in [0.25, 0.3) is 0 Å². The average Bonchev–Trinajstić information content (AvgIpc) is 2.95. The van der Waals surface area contributed by atoms with E-state index in [0.29, 0.717) is 4.47 Å². The SMILES string of the molecule is Cc1ccc(Br)c(S(=O)(=O)NCc2ccc3c(c2)CNC3)c1. The first-order valence-corrected chi connectivity index (χ1v) is 9.30. The Bertz CT molecular complexity index is 819. The van der Waals surface area contributed by atoms with E-state index in [-0.39, 0.29) is 11.4 Å². The van der Waals surface area contributed by atoms with Gasteiger partial charge in [0.15, 0.2) is 0 Å². The third kappa shape index (κ3) is 3.25. The summed E-state index contributed by atoms with van der Waals surface area (Å²) in [5.41, 5.74) is 4.41. The molecule has 0 atom stereocenters. The second-order valence-corrected chi connectivity index (χ2v) is 8.05. The quantitative estimate of drug-likeness (QED) is 0.857. The fourth-order valence-corrected chi connectivity index (χ4v) is 4.59. The summed E-state index contributed by atoms with van der Waals surface area (Å²) in [6.07, 6.45) is 0. The normalized spacial score (nSPS) is 14.1. The molecule has 0 saturated carbocycles. The van der Waals surface area contributed by atoms with Gasteiger partial charge in [-0.25, -0.2) is 13.1 Å². The van der Waals surface area contributed by atoms with Crippen LogP contribution in [0, 0.1) is 6.92 Å². The fraction of sp³-hybridized carbons (Fsp3) is 0.250. The summed E-state index contributed by atoms with van der Waals surface area (Å²) >= 11 is 3.31. The molecule has 0 unspecified atom stereocenters. The van der Waals surface area contributed by atoms with Crippen molar-refractivity contribution in [3.8, 4) is 0 Å². The Morgan fingerprint density at radius 1 is 1.14 bits per heavy atom. The standard InChI is InChI=1S/C16H17BrN2O2S/c1-11-2-5-15(17)16(6-11)22(20,21)19-8-12-3-4-13-9-18-10-14(13)7-12/h2-7,18-19H,8-10H2,1H3. The molecule has 0 saturated heterocycles. The van der Waals surface area contributed by atoms with Crippen molar-refractivity contribution in [3.63, 3.8) is 0 Å². The molecule has 1 aliphatic rings. The van der Waals surface area contributed by atoms with E-state index in [0.717, 1.165) is 24.2 Å². The Labute approximate surface area is 139 Å². The van der Waals surface area contributed by atoms with Crippen molar-refractivity contribution in [3.05, 3.63) is 63.1 Å². The van der Waals surface area contributed by atoms with Crippen LogP contribution in [-0.4, -0.2) is 8.42 Å². The molecule has 2 aromatic rings. The van der Waals surface area contributed by atoms with E-state index in [4.69, 9.17) is 0 Å². The molecular weight excluding hydrogens is 364 g/mol. The Kier molecular flexibility index (Phi) is 4.36. The first-order chi connectivity index (χ1) is 10.5. The zero-order chi connectivity index (χ0) is 15.7. The second kappa shape index (κ2) is 6.12. The van der Waals surface area contributed by atoms with Gasteiger partial charge in [0, 0.05) is 24.1 Å². The van der Waals surface area contributed by atoms with E-state index in [9.17, 15) is 8.42 Å². The molecule has 1 aliphatic heterocycles. The molecular formula is C16H17BrN2O2S. The minimum Gasteiger partial charge on any atom is -0.309 e. The number of nitrogens with one attached hydrogen (secondary N) is 2. The fourth-order valence-electron chi connectivity index (χ4n) is 2.53.